The van der Waals surface area contributed by atoms with Crippen molar-refractivity contribution in [2.24, 2.45) is 0 Å². The standard InChI is InChI=1S/C12H14BrN3OS/c1-7(2)18-6-11-15-12(17-16-11)9-5-8(14)3-4-10(9)13/h3-5,7H,6,14H2,1-2H3. The van der Waals surface area contributed by atoms with Crippen LogP contribution in [0.2, 0.25) is 0 Å². The molecule has 4 nitrogen and oxygen atoms in total. The second-order valence-electron chi connectivity index (χ2n) is 4.11. The number of halogens is 1. The number of thioether (sulfide) groups is 1. The van der Waals surface area contributed by atoms with Crippen molar-refractivity contribution in [3.8, 4) is 11.5 Å². The van der Waals surface area contributed by atoms with Gasteiger partial charge in [0.1, 0.15) is 0 Å². The summed E-state index contributed by atoms with van der Waals surface area (Å²) >= 11 is 5.23. The van der Waals surface area contributed by atoms with E-state index in [1.807, 2.05) is 18.2 Å². The van der Waals surface area contributed by atoms with Crippen LogP contribution in [0.3, 0.4) is 0 Å². The molecule has 2 aromatic rings. The van der Waals surface area contributed by atoms with Gasteiger partial charge in [0.2, 0.25) is 0 Å². The van der Waals surface area contributed by atoms with Gasteiger partial charge in [0.25, 0.3) is 5.89 Å². The third kappa shape index (κ3) is 3.26. The van der Waals surface area contributed by atoms with E-state index in [0.717, 1.165) is 15.8 Å². The molecule has 0 aliphatic rings. The minimum absolute atomic E-state index is 0.494. The predicted octanol–water partition coefficient (Wildman–Crippen LogP) is 3.72. The minimum Gasteiger partial charge on any atom is -0.399 e. The number of benzene rings is 1. The fourth-order valence-electron chi connectivity index (χ4n) is 1.37. The molecule has 2 rings (SSSR count). The lowest BCUT2D eigenvalue weighted by Gasteiger charge is -2.00. The van der Waals surface area contributed by atoms with Crippen LogP contribution in [0, 0.1) is 0 Å². The average Bonchev–Trinajstić information content (AvgIpc) is 2.78. The van der Waals surface area contributed by atoms with Gasteiger partial charge in [-0.1, -0.05) is 19.0 Å². The molecule has 0 radical (unpaired) electrons. The molecule has 0 saturated carbocycles. The number of nitrogens with two attached hydrogens (primary N) is 1. The van der Waals surface area contributed by atoms with Gasteiger partial charge >= 0.3 is 0 Å². The molecule has 0 aliphatic heterocycles. The molecule has 0 unspecified atom stereocenters. The van der Waals surface area contributed by atoms with E-state index in [1.54, 1.807) is 11.8 Å². The van der Waals surface area contributed by atoms with Gasteiger partial charge in [-0.25, -0.2) is 0 Å². The maximum absolute atomic E-state index is 5.76. The van der Waals surface area contributed by atoms with Crippen LogP contribution in [0.25, 0.3) is 11.5 Å². The number of hydrogen-bond acceptors (Lipinski definition) is 5. The van der Waals surface area contributed by atoms with Crippen molar-refractivity contribution in [1.82, 2.24) is 10.1 Å². The molecule has 0 atom stereocenters. The quantitative estimate of drug-likeness (QED) is 0.867. The molecule has 0 saturated heterocycles. The summed E-state index contributed by atoms with van der Waals surface area (Å²) in [5.74, 6) is 1.95. The molecule has 6 heteroatoms. The van der Waals surface area contributed by atoms with Crippen molar-refractivity contribution in [3.05, 3.63) is 28.5 Å². The molecule has 0 bridgehead atoms. The van der Waals surface area contributed by atoms with E-state index in [9.17, 15) is 0 Å². The Morgan fingerprint density at radius 3 is 2.94 bits per heavy atom. The number of hydrogen-bond donors (Lipinski definition) is 1. The second kappa shape index (κ2) is 5.75. The third-order valence-electron chi connectivity index (χ3n) is 2.23. The number of nitrogens with zero attached hydrogens (tertiary/aromatic N) is 2. The Morgan fingerprint density at radius 1 is 1.44 bits per heavy atom. The molecule has 1 aromatic heterocycles. The van der Waals surface area contributed by atoms with Crippen LogP contribution in [0.1, 0.15) is 19.7 Å². The molecule has 2 N–H and O–H groups in total. The van der Waals surface area contributed by atoms with Gasteiger partial charge < -0.3 is 10.3 Å². The third-order valence-corrected chi connectivity index (χ3v) is 4.02. The summed E-state index contributed by atoms with van der Waals surface area (Å²) in [5.41, 5.74) is 7.25. The lowest BCUT2D eigenvalue weighted by molar-refractivity contribution is 0.425. The summed E-state index contributed by atoms with van der Waals surface area (Å²) < 4.78 is 6.15. The van der Waals surface area contributed by atoms with Crippen molar-refractivity contribution in [2.75, 3.05) is 5.73 Å². The smallest absolute Gasteiger partial charge is 0.259 e. The fraction of sp³-hybridized carbons (Fsp3) is 0.333. The number of aromatic nitrogens is 2. The Bertz CT molecular complexity index is 542. The highest BCUT2D eigenvalue weighted by atomic mass is 79.9. The molecule has 0 fully saturated rings. The van der Waals surface area contributed by atoms with Gasteiger partial charge in [0, 0.05) is 10.2 Å². The Labute approximate surface area is 118 Å². The van der Waals surface area contributed by atoms with E-state index in [-0.39, 0.29) is 0 Å². The number of nitrogen functional groups attached to an aromatic ring is 1. The molecule has 0 amide bonds. The van der Waals surface area contributed by atoms with Crippen LogP contribution in [0.15, 0.2) is 27.2 Å². The lowest BCUT2D eigenvalue weighted by atomic mass is 10.2. The summed E-state index contributed by atoms with van der Waals surface area (Å²) in [4.78, 5) is 4.37. The first-order valence-electron chi connectivity index (χ1n) is 5.56. The fourth-order valence-corrected chi connectivity index (χ4v) is 2.39. The van der Waals surface area contributed by atoms with Crippen molar-refractivity contribution in [2.45, 2.75) is 24.9 Å². The van der Waals surface area contributed by atoms with Crippen LogP contribution in [-0.4, -0.2) is 15.4 Å². The first-order valence-corrected chi connectivity index (χ1v) is 7.40. The van der Waals surface area contributed by atoms with Gasteiger partial charge in [-0.15, -0.1) is 0 Å². The first-order chi connectivity index (χ1) is 8.56. The van der Waals surface area contributed by atoms with E-state index >= 15 is 0 Å². The molecule has 1 aromatic carbocycles. The highest BCUT2D eigenvalue weighted by Gasteiger charge is 2.12. The topological polar surface area (TPSA) is 64.9 Å². The van der Waals surface area contributed by atoms with Gasteiger partial charge in [0.05, 0.1) is 11.3 Å². The minimum atomic E-state index is 0.494. The van der Waals surface area contributed by atoms with Gasteiger partial charge in [-0.3, -0.25) is 0 Å². The predicted molar refractivity (Wildman–Crippen MR) is 78.3 cm³/mol. The average molecular weight is 328 g/mol. The zero-order chi connectivity index (χ0) is 13.1. The number of anilines is 1. The van der Waals surface area contributed by atoms with Crippen LogP contribution < -0.4 is 5.73 Å². The first kappa shape index (κ1) is 13.4. The van der Waals surface area contributed by atoms with E-state index in [2.05, 4.69) is 39.9 Å². The highest BCUT2D eigenvalue weighted by Crippen LogP contribution is 2.29. The van der Waals surface area contributed by atoms with Crippen molar-refractivity contribution < 1.29 is 4.52 Å². The Hall–Kier alpha value is -1.01. The molecular weight excluding hydrogens is 314 g/mol. The van der Waals surface area contributed by atoms with Crippen molar-refractivity contribution in [3.63, 3.8) is 0 Å². The Morgan fingerprint density at radius 2 is 2.22 bits per heavy atom. The van der Waals surface area contributed by atoms with E-state index in [4.69, 9.17) is 10.3 Å². The van der Waals surface area contributed by atoms with Crippen LogP contribution in [0.4, 0.5) is 5.69 Å². The van der Waals surface area contributed by atoms with Crippen LogP contribution in [0.5, 0.6) is 0 Å². The molecule has 0 spiro atoms. The van der Waals surface area contributed by atoms with E-state index in [0.29, 0.717) is 22.7 Å². The van der Waals surface area contributed by atoms with E-state index in [1.165, 1.54) is 0 Å². The van der Waals surface area contributed by atoms with Gasteiger partial charge in [-0.2, -0.15) is 16.7 Å². The summed E-state index contributed by atoms with van der Waals surface area (Å²) in [6, 6.07) is 5.51. The summed E-state index contributed by atoms with van der Waals surface area (Å²) in [5, 5.41) is 4.51. The highest BCUT2D eigenvalue weighted by molar-refractivity contribution is 9.10. The molecular formula is C12H14BrN3OS. The second-order valence-corrected chi connectivity index (χ2v) is 6.53. The molecule has 96 valence electrons. The largest absolute Gasteiger partial charge is 0.399 e. The normalized spacial score (nSPS) is 11.1. The molecule has 1 heterocycles. The summed E-state index contributed by atoms with van der Waals surface area (Å²) in [6.07, 6.45) is 0. The zero-order valence-electron chi connectivity index (χ0n) is 10.2. The van der Waals surface area contributed by atoms with E-state index < -0.39 is 0 Å². The molecule has 18 heavy (non-hydrogen) atoms. The van der Waals surface area contributed by atoms with Crippen molar-refractivity contribution in [1.29, 1.82) is 0 Å². The summed E-state index contributed by atoms with van der Waals surface area (Å²) in [7, 11) is 0. The maximum Gasteiger partial charge on any atom is 0.259 e. The Kier molecular flexibility index (Phi) is 4.29. The van der Waals surface area contributed by atoms with Crippen LogP contribution >= 0.6 is 27.7 Å². The monoisotopic (exact) mass is 327 g/mol. The summed E-state index contributed by atoms with van der Waals surface area (Å²) in [6.45, 7) is 4.28. The zero-order valence-corrected chi connectivity index (χ0v) is 12.6. The SMILES string of the molecule is CC(C)SCc1noc(-c2cc(N)ccc2Br)n1. The van der Waals surface area contributed by atoms with Crippen molar-refractivity contribution >= 4 is 33.4 Å². The molecule has 0 aliphatic carbocycles. The van der Waals surface area contributed by atoms with Gasteiger partial charge in [0.15, 0.2) is 5.82 Å². The van der Waals surface area contributed by atoms with Gasteiger partial charge in [-0.05, 0) is 39.4 Å². The lowest BCUT2D eigenvalue weighted by Crippen LogP contribution is -1.91. The number of rotatable bonds is 4. The Balaban J connectivity index is 2.21. The maximum atomic E-state index is 5.76. The van der Waals surface area contributed by atoms with Crippen LogP contribution in [-0.2, 0) is 5.75 Å².